The van der Waals surface area contributed by atoms with Gasteiger partial charge >= 0.3 is 0 Å². The second-order valence-corrected chi connectivity index (χ2v) is 9.61. The van der Waals surface area contributed by atoms with Crippen molar-refractivity contribution >= 4 is 47.7 Å². The van der Waals surface area contributed by atoms with Gasteiger partial charge in [-0.05, 0) is 38.4 Å². The third-order valence-corrected chi connectivity index (χ3v) is 6.17. The fourth-order valence-corrected chi connectivity index (χ4v) is 4.22. The molecule has 4 rings (SSSR count). The number of nitrogens with one attached hydrogen (secondary N) is 2. The highest BCUT2D eigenvalue weighted by molar-refractivity contribution is 6.12. The number of hydrogen-bond donors (Lipinski definition) is 4. The summed E-state index contributed by atoms with van der Waals surface area (Å²) in [5.74, 6) is -3.18. The lowest BCUT2D eigenvalue weighted by molar-refractivity contribution is -0.223. The first-order valence-electron chi connectivity index (χ1n) is 12.5. The Morgan fingerprint density at radius 1 is 1.18 bits per heavy atom. The molecule has 12 heteroatoms. The number of aryl methyl sites for hydroxylation is 1. The normalized spacial score (nSPS) is 11.5. The largest absolute Gasteiger partial charge is 0.447 e. The van der Waals surface area contributed by atoms with Crippen molar-refractivity contribution in [2.75, 3.05) is 49.8 Å². The summed E-state index contributed by atoms with van der Waals surface area (Å²) in [6.07, 6.45) is 4.76. The monoisotopic (exact) mass is 541 g/mol. The molecule has 1 amide bonds. The second kappa shape index (κ2) is 11.8. The van der Waals surface area contributed by atoms with Crippen molar-refractivity contribution in [3.8, 4) is 17.0 Å². The number of para-hydroxylation sites is 1. The van der Waals surface area contributed by atoms with Crippen LogP contribution in [0.5, 0.6) is 5.75 Å². The maximum atomic E-state index is 12.3. The lowest BCUT2D eigenvalue weighted by atomic mass is 10.1. The Kier molecular flexibility index (Phi) is 8.43. The van der Waals surface area contributed by atoms with Crippen molar-refractivity contribution in [2.24, 2.45) is 7.05 Å². The van der Waals surface area contributed by atoms with Gasteiger partial charge in [-0.15, -0.1) is 0 Å². The minimum absolute atomic E-state index is 0.00466. The molecule has 2 aromatic heterocycles. The molecular formula is C28H32BN7O4. The van der Waals surface area contributed by atoms with E-state index < -0.39 is 11.8 Å². The van der Waals surface area contributed by atoms with Gasteiger partial charge in [0.1, 0.15) is 0 Å². The minimum atomic E-state index is -2.96. The van der Waals surface area contributed by atoms with Crippen molar-refractivity contribution in [3.05, 3.63) is 67.5 Å². The molecule has 2 heterocycles. The Morgan fingerprint density at radius 3 is 2.62 bits per heavy atom. The number of anilines is 4. The molecule has 0 aliphatic carbocycles. The van der Waals surface area contributed by atoms with E-state index in [-0.39, 0.29) is 17.4 Å². The Bertz CT molecular complexity index is 1530. The molecule has 0 spiro atoms. The van der Waals surface area contributed by atoms with E-state index in [1.807, 2.05) is 73.0 Å². The summed E-state index contributed by atoms with van der Waals surface area (Å²) in [6.45, 7) is 4.85. The molecule has 0 atom stereocenters. The predicted molar refractivity (Wildman–Crippen MR) is 158 cm³/mol. The van der Waals surface area contributed by atoms with Crippen molar-refractivity contribution < 1.29 is 19.7 Å². The summed E-state index contributed by atoms with van der Waals surface area (Å²) >= 11 is 0. The number of carbonyl (C=O) groups is 1. The van der Waals surface area contributed by atoms with Gasteiger partial charge in [-0.1, -0.05) is 24.8 Å². The molecule has 4 aromatic rings. The molecule has 2 aromatic carbocycles. The Morgan fingerprint density at radius 2 is 1.93 bits per heavy atom. The molecule has 0 aliphatic rings. The Labute approximate surface area is 234 Å². The van der Waals surface area contributed by atoms with E-state index in [4.69, 9.17) is 12.6 Å². The number of aliphatic hydroxyl groups is 2. The summed E-state index contributed by atoms with van der Waals surface area (Å²) in [4.78, 5) is 25.2. The van der Waals surface area contributed by atoms with Gasteiger partial charge in [-0.25, -0.2) is 9.97 Å². The first-order chi connectivity index (χ1) is 18.9. The Hall–Kier alpha value is -4.39. The molecule has 206 valence electrons. The average Bonchev–Trinajstić information content (AvgIpc) is 3.24. The van der Waals surface area contributed by atoms with Gasteiger partial charge in [0.25, 0.3) is 5.87 Å². The highest BCUT2D eigenvalue weighted by atomic mass is 16.8. The molecule has 0 unspecified atom stereocenters. The lowest BCUT2D eigenvalue weighted by Gasteiger charge is -2.27. The van der Waals surface area contributed by atoms with Gasteiger partial charge in [-0.2, -0.15) is 0 Å². The number of fused-ring (bicyclic) bond motifs is 1. The smallest absolute Gasteiger partial charge is 0.259 e. The van der Waals surface area contributed by atoms with Crippen LogP contribution in [0, 0.1) is 0 Å². The number of ether oxygens (including phenoxy) is 1. The van der Waals surface area contributed by atoms with Gasteiger partial charge in [0.15, 0.2) is 5.75 Å². The molecule has 0 fully saturated rings. The number of benzene rings is 2. The van der Waals surface area contributed by atoms with E-state index in [9.17, 15) is 15.0 Å². The number of rotatable bonds is 11. The van der Waals surface area contributed by atoms with Crippen LogP contribution < -0.4 is 20.3 Å². The number of hydrogen-bond acceptors (Lipinski definition) is 9. The van der Waals surface area contributed by atoms with E-state index in [1.165, 1.54) is 0 Å². The average molecular weight is 541 g/mol. The van der Waals surface area contributed by atoms with Crippen molar-refractivity contribution in [2.45, 2.75) is 5.87 Å². The van der Waals surface area contributed by atoms with Crippen LogP contribution in [0.2, 0.25) is 0 Å². The third-order valence-electron chi connectivity index (χ3n) is 6.17. The van der Waals surface area contributed by atoms with Crippen LogP contribution >= 0.6 is 0 Å². The number of aromatic nitrogens is 3. The summed E-state index contributed by atoms with van der Waals surface area (Å²) in [6, 6.07) is 12.9. The third kappa shape index (κ3) is 6.78. The molecule has 0 aliphatic heterocycles. The van der Waals surface area contributed by atoms with Crippen molar-refractivity contribution in [1.82, 2.24) is 19.4 Å². The summed E-state index contributed by atoms with van der Waals surface area (Å²) in [5.41, 5.74) is 3.86. The van der Waals surface area contributed by atoms with E-state index in [0.29, 0.717) is 23.6 Å². The van der Waals surface area contributed by atoms with Crippen molar-refractivity contribution in [1.29, 1.82) is 0 Å². The topological polar surface area (TPSA) is 128 Å². The fourth-order valence-electron chi connectivity index (χ4n) is 4.22. The fraction of sp³-hybridized carbons (Fsp3) is 0.250. The number of likely N-dealkylation sites (N-methyl/N-ethyl adjacent to an activating group) is 2. The minimum Gasteiger partial charge on any atom is -0.447 e. The number of nitrogens with zero attached hydrogens (tertiary/aromatic N) is 5. The van der Waals surface area contributed by atoms with E-state index in [0.717, 1.165) is 29.1 Å². The van der Waals surface area contributed by atoms with Gasteiger partial charge in [0.2, 0.25) is 19.7 Å². The predicted octanol–water partition coefficient (Wildman–Crippen LogP) is 2.64. The quantitative estimate of drug-likeness (QED) is 0.129. The Balaban J connectivity index is 1.77. The molecular weight excluding hydrogens is 509 g/mol. The van der Waals surface area contributed by atoms with Gasteiger partial charge in [0, 0.05) is 62.1 Å². The van der Waals surface area contributed by atoms with Crippen LogP contribution in [0.1, 0.15) is 0 Å². The van der Waals surface area contributed by atoms with Gasteiger partial charge in [-0.3, -0.25) is 4.79 Å². The van der Waals surface area contributed by atoms with E-state index in [2.05, 4.69) is 27.2 Å². The van der Waals surface area contributed by atoms with Crippen molar-refractivity contribution in [3.63, 3.8) is 0 Å². The zero-order valence-corrected chi connectivity index (χ0v) is 22.9. The van der Waals surface area contributed by atoms with Crippen LogP contribution in [0.15, 0.2) is 67.5 Å². The summed E-state index contributed by atoms with van der Waals surface area (Å²) < 4.78 is 7.30. The van der Waals surface area contributed by atoms with Crippen LogP contribution in [-0.2, 0) is 11.8 Å². The first-order valence-corrected chi connectivity index (χ1v) is 12.5. The lowest BCUT2D eigenvalue weighted by Crippen LogP contribution is -2.36. The van der Waals surface area contributed by atoms with E-state index in [1.54, 1.807) is 24.4 Å². The first kappa shape index (κ1) is 28.6. The zero-order valence-electron chi connectivity index (χ0n) is 22.9. The highest BCUT2D eigenvalue weighted by Gasteiger charge is 2.23. The van der Waals surface area contributed by atoms with Crippen LogP contribution in [0.25, 0.3) is 22.2 Å². The molecule has 2 radical (unpaired) electrons. The van der Waals surface area contributed by atoms with Gasteiger partial charge in [0.05, 0.1) is 22.8 Å². The van der Waals surface area contributed by atoms with Crippen LogP contribution in [-0.4, -0.2) is 83.5 Å². The molecule has 11 nitrogen and oxygen atoms in total. The molecule has 0 saturated carbocycles. The standard InChI is InChI=1S/C28H32BN7O4/c1-6-26(37)31-21-15-22(25(40-28(29,38)39)16-24(21)35(4)14-13-34(2)3)33-27-30-12-11-20(32-27)19-17-36(5)23-10-8-7-9-18(19)23/h6-12,15-17,38-39H,1,13-14H2,2-5H3,(H,31,37)(H,30,32,33). The molecule has 0 bridgehead atoms. The van der Waals surface area contributed by atoms with Crippen LogP contribution in [0.4, 0.5) is 23.0 Å². The van der Waals surface area contributed by atoms with Gasteiger partial charge < -0.3 is 40.0 Å². The SMILES string of the molecule is [B]C(O)(O)Oc1cc(N(C)CCN(C)C)c(NC(=O)C=C)cc1Nc1nccc(-c2cn(C)c3ccccc23)n1. The summed E-state index contributed by atoms with van der Waals surface area (Å²) in [7, 11) is 13.1. The van der Waals surface area contributed by atoms with Crippen LogP contribution in [0.3, 0.4) is 0 Å². The highest BCUT2D eigenvalue weighted by Crippen LogP contribution is 2.39. The number of carbonyl (C=O) groups excluding carboxylic acids is 1. The maximum absolute atomic E-state index is 12.3. The summed E-state index contributed by atoms with van der Waals surface area (Å²) in [5, 5.41) is 26.6. The molecule has 40 heavy (non-hydrogen) atoms. The zero-order chi connectivity index (χ0) is 29.0. The molecule has 0 saturated heterocycles. The maximum Gasteiger partial charge on any atom is 0.259 e. The molecule has 4 N–H and O–H groups in total. The second-order valence-electron chi connectivity index (χ2n) is 9.61. The number of amides is 1. The van der Waals surface area contributed by atoms with E-state index >= 15 is 0 Å².